The molecule has 1 heterocycles. The van der Waals surface area contributed by atoms with Crippen LogP contribution in [0.4, 0.5) is 16.2 Å². The Morgan fingerprint density at radius 3 is 2.37 bits per heavy atom. The van der Waals surface area contributed by atoms with Crippen molar-refractivity contribution in [2.24, 2.45) is 5.73 Å². The number of nitrogens with one attached hydrogen (secondary N) is 3. The summed E-state index contributed by atoms with van der Waals surface area (Å²) in [7, 11) is 0. The topological polar surface area (TPSA) is 137 Å². The summed E-state index contributed by atoms with van der Waals surface area (Å²) in [6.45, 7) is 1.94. The number of aromatic nitrogens is 1. The molecule has 0 radical (unpaired) electrons. The van der Waals surface area contributed by atoms with Gasteiger partial charge in [0.1, 0.15) is 5.69 Å². The molecular formula is C22H22N4O4. The van der Waals surface area contributed by atoms with Gasteiger partial charge in [0, 0.05) is 29.6 Å². The summed E-state index contributed by atoms with van der Waals surface area (Å²) in [6.07, 6.45) is 1.79. The highest BCUT2D eigenvalue weighted by Crippen LogP contribution is 2.29. The minimum absolute atomic E-state index is 0.0676. The van der Waals surface area contributed by atoms with Crippen LogP contribution in [-0.2, 0) is 11.2 Å². The maximum atomic E-state index is 12.2. The van der Waals surface area contributed by atoms with Crippen LogP contribution in [0, 0.1) is 6.92 Å². The van der Waals surface area contributed by atoms with E-state index in [0.29, 0.717) is 28.1 Å². The van der Waals surface area contributed by atoms with E-state index in [1.807, 2.05) is 25.1 Å². The molecule has 3 aromatic rings. The summed E-state index contributed by atoms with van der Waals surface area (Å²) in [5, 5.41) is 14.5. The van der Waals surface area contributed by atoms with Crippen molar-refractivity contribution in [2.45, 2.75) is 19.8 Å². The fraction of sp³-hybridized carbons (Fsp3) is 0.136. The molecule has 0 aliphatic rings. The highest BCUT2D eigenvalue weighted by atomic mass is 16.4. The van der Waals surface area contributed by atoms with Gasteiger partial charge in [0.15, 0.2) is 0 Å². The molecule has 1 aromatic heterocycles. The predicted molar refractivity (Wildman–Crippen MR) is 115 cm³/mol. The lowest BCUT2D eigenvalue weighted by molar-refractivity contribution is -0.136. The number of rotatable bonds is 7. The molecule has 0 aliphatic carbocycles. The van der Waals surface area contributed by atoms with Crippen LogP contribution in [0.3, 0.4) is 0 Å². The Hall–Kier alpha value is -4.07. The van der Waals surface area contributed by atoms with E-state index in [-0.39, 0.29) is 24.6 Å². The number of carboxylic acid groups (broad SMARTS) is 1. The van der Waals surface area contributed by atoms with Gasteiger partial charge in [0.2, 0.25) is 0 Å². The number of aliphatic carboxylic acids is 1. The lowest BCUT2D eigenvalue weighted by Crippen LogP contribution is -2.19. The van der Waals surface area contributed by atoms with Crippen molar-refractivity contribution in [3.05, 3.63) is 71.5 Å². The summed E-state index contributed by atoms with van der Waals surface area (Å²) in [5.74, 6) is -1.56. The van der Waals surface area contributed by atoms with Crippen LogP contribution in [0.1, 0.15) is 28.0 Å². The van der Waals surface area contributed by atoms with Crippen molar-refractivity contribution in [2.75, 3.05) is 10.6 Å². The van der Waals surface area contributed by atoms with Gasteiger partial charge in [-0.3, -0.25) is 9.59 Å². The first-order valence-electron chi connectivity index (χ1n) is 9.30. The van der Waals surface area contributed by atoms with E-state index in [4.69, 9.17) is 10.8 Å². The molecule has 8 nitrogen and oxygen atoms in total. The van der Waals surface area contributed by atoms with Crippen molar-refractivity contribution < 1.29 is 19.5 Å². The number of benzene rings is 2. The summed E-state index contributed by atoms with van der Waals surface area (Å²) in [6, 6.07) is 13.9. The van der Waals surface area contributed by atoms with Crippen molar-refractivity contribution in [1.82, 2.24) is 4.98 Å². The summed E-state index contributed by atoms with van der Waals surface area (Å²) < 4.78 is 0. The van der Waals surface area contributed by atoms with Gasteiger partial charge in [-0.2, -0.15) is 0 Å². The first-order valence-corrected chi connectivity index (χ1v) is 9.30. The second-order valence-corrected chi connectivity index (χ2v) is 6.85. The van der Waals surface area contributed by atoms with Crippen molar-refractivity contribution >= 4 is 29.3 Å². The number of amides is 3. The molecule has 8 heteroatoms. The van der Waals surface area contributed by atoms with Crippen molar-refractivity contribution in [3.63, 3.8) is 0 Å². The smallest absolute Gasteiger partial charge is 0.323 e. The predicted octanol–water partition coefficient (Wildman–Crippen LogP) is 3.75. The molecule has 3 amide bonds. The number of carbonyl (C=O) groups is 3. The van der Waals surface area contributed by atoms with E-state index in [0.717, 1.165) is 5.56 Å². The quantitative estimate of drug-likeness (QED) is 0.408. The molecule has 6 N–H and O–H groups in total. The average Bonchev–Trinajstić information content (AvgIpc) is 3.11. The Morgan fingerprint density at radius 1 is 1.03 bits per heavy atom. The minimum Gasteiger partial charge on any atom is -0.481 e. The van der Waals surface area contributed by atoms with Crippen molar-refractivity contribution in [1.29, 1.82) is 0 Å². The zero-order valence-corrected chi connectivity index (χ0v) is 16.4. The third kappa shape index (κ3) is 5.05. The van der Waals surface area contributed by atoms with Gasteiger partial charge >= 0.3 is 12.0 Å². The van der Waals surface area contributed by atoms with Gasteiger partial charge in [0.05, 0.1) is 0 Å². The number of H-pyrrole nitrogens is 1. The molecule has 2 aromatic carbocycles. The van der Waals surface area contributed by atoms with E-state index < -0.39 is 11.9 Å². The molecule has 0 bridgehead atoms. The van der Waals surface area contributed by atoms with Gasteiger partial charge in [-0.15, -0.1) is 0 Å². The molecular weight excluding hydrogens is 384 g/mol. The zero-order chi connectivity index (χ0) is 21.7. The number of nitrogens with two attached hydrogens (primary N) is 1. The number of primary amides is 1. The van der Waals surface area contributed by atoms with Gasteiger partial charge in [-0.05, 0) is 54.3 Å². The molecule has 154 valence electrons. The van der Waals surface area contributed by atoms with Gasteiger partial charge < -0.3 is 26.5 Å². The van der Waals surface area contributed by atoms with E-state index in [9.17, 15) is 14.4 Å². The van der Waals surface area contributed by atoms with E-state index >= 15 is 0 Å². The average molecular weight is 406 g/mol. The third-order valence-corrected chi connectivity index (χ3v) is 4.52. The molecule has 0 saturated heterocycles. The fourth-order valence-corrected chi connectivity index (χ4v) is 3.16. The van der Waals surface area contributed by atoms with Crippen LogP contribution in [0.2, 0.25) is 0 Å². The van der Waals surface area contributed by atoms with Gasteiger partial charge in [-0.25, -0.2) is 4.79 Å². The number of hydrogen-bond donors (Lipinski definition) is 5. The van der Waals surface area contributed by atoms with Crippen molar-refractivity contribution in [3.8, 4) is 11.1 Å². The molecule has 0 atom stereocenters. The maximum absolute atomic E-state index is 12.2. The number of urea groups is 1. The lowest BCUT2D eigenvalue weighted by atomic mass is 9.98. The third-order valence-electron chi connectivity index (χ3n) is 4.52. The number of aryl methyl sites for hydroxylation is 2. The van der Waals surface area contributed by atoms with E-state index in [2.05, 4.69) is 15.6 Å². The number of aromatic amines is 1. The Morgan fingerprint density at radius 2 is 1.73 bits per heavy atom. The Labute approximate surface area is 173 Å². The van der Waals surface area contributed by atoms with E-state index in [1.54, 1.807) is 36.5 Å². The number of carbonyl (C=O) groups excluding carboxylic acids is 2. The second kappa shape index (κ2) is 8.95. The molecule has 0 aliphatic heterocycles. The highest BCUT2D eigenvalue weighted by Gasteiger charge is 2.18. The molecule has 30 heavy (non-hydrogen) atoms. The SMILES string of the molecule is Cc1cccc(NC(=O)Nc2ccc(-c3c(CCC(=O)O)c[nH]c3C(N)=O)cc2)c1. The Kier molecular flexibility index (Phi) is 6.17. The van der Waals surface area contributed by atoms with E-state index in [1.165, 1.54) is 0 Å². The molecule has 3 rings (SSSR count). The second-order valence-electron chi connectivity index (χ2n) is 6.85. The Balaban J connectivity index is 1.76. The van der Waals surface area contributed by atoms with Crippen LogP contribution >= 0.6 is 0 Å². The molecule has 0 spiro atoms. The summed E-state index contributed by atoms with van der Waals surface area (Å²) in [5.41, 5.74) is 9.89. The maximum Gasteiger partial charge on any atom is 0.323 e. The number of hydrogen-bond acceptors (Lipinski definition) is 3. The minimum atomic E-state index is -0.929. The van der Waals surface area contributed by atoms with Gasteiger partial charge in [0.25, 0.3) is 5.91 Å². The largest absolute Gasteiger partial charge is 0.481 e. The molecule has 0 fully saturated rings. The van der Waals surface area contributed by atoms with Crippen LogP contribution in [0.25, 0.3) is 11.1 Å². The summed E-state index contributed by atoms with van der Waals surface area (Å²) >= 11 is 0. The van der Waals surface area contributed by atoms with Crippen LogP contribution in [-0.4, -0.2) is 28.0 Å². The lowest BCUT2D eigenvalue weighted by Gasteiger charge is -2.10. The number of carboxylic acids is 1. The molecule has 0 saturated carbocycles. The standard InChI is InChI=1S/C22H22N4O4/c1-13-3-2-4-17(11-13)26-22(30)25-16-8-5-14(6-9-16)19-15(7-10-18(27)28)12-24-20(19)21(23)29/h2-6,8-9,11-12,24H,7,10H2,1H3,(H2,23,29)(H,27,28)(H2,25,26,30). The fourth-order valence-electron chi connectivity index (χ4n) is 3.16. The van der Waals surface area contributed by atoms with Crippen LogP contribution < -0.4 is 16.4 Å². The van der Waals surface area contributed by atoms with Gasteiger partial charge in [-0.1, -0.05) is 24.3 Å². The zero-order valence-electron chi connectivity index (χ0n) is 16.4. The first-order chi connectivity index (χ1) is 14.3. The summed E-state index contributed by atoms with van der Waals surface area (Å²) in [4.78, 5) is 37.7. The van der Waals surface area contributed by atoms with Crippen LogP contribution in [0.5, 0.6) is 0 Å². The Bertz CT molecular complexity index is 1090. The monoisotopic (exact) mass is 406 g/mol. The molecule has 0 unspecified atom stereocenters. The first kappa shape index (κ1) is 20.7. The number of anilines is 2. The highest BCUT2D eigenvalue weighted by molar-refractivity contribution is 6.01. The van der Waals surface area contributed by atoms with Crippen LogP contribution in [0.15, 0.2) is 54.7 Å². The normalized spacial score (nSPS) is 10.4.